The van der Waals surface area contributed by atoms with E-state index in [0.717, 1.165) is 19.3 Å². The van der Waals surface area contributed by atoms with E-state index in [9.17, 15) is 9.59 Å². The minimum atomic E-state index is -0.468. The molecule has 1 saturated heterocycles. The van der Waals surface area contributed by atoms with Gasteiger partial charge in [0.2, 0.25) is 5.91 Å². The van der Waals surface area contributed by atoms with Gasteiger partial charge in [-0.1, -0.05) is 0 Å². The Kier molecular flexibility index (Phi) is 4.76. The smallest absolute Gasteiger partial charge is 0.410 e. The Morgan fingerprint density at radius 3 is 2.48 bits per heavy atom. The van der Waals surface area contributed by atoms with Gasteiger partial charge in [-0.3, -0.25) is 4.79 Å². The zero-order valence-corrected chi connectivity index (χ0v) is 13.3. The van der Waals surface area contributed by atoms with Gasteiger partial charge in [0.1, 0.15) is 5.60 Å². The Morgan fingerprint density at radius 2 is 1.95 bits per heavy atom. The van der Waals surface area contributed by atoms with Crippen molar-refractivity contribution in [2.24, 2.45) is 11.7 Å². The summed E-state index contributed by atoms with van der Waals surface area (Å²) >= 11 is 0. The highest BCUT2D eigenvalue weighted by molar-refractivity contribution is 5.78. The van der Waals surface area contributed by atoms with E-state index in [4.69, 9.17) is 10.5 Å². The molecule has 0 unspecified atom stereocenters. The van der Waals surface area contributed by atoms with Crippen LogP contribution in [0.5, 0.6) is 0 Å². The third-order valence-electron chi connectivity index (χ3n) is 3.88. The minimum Gasteiger partial charge on any atom is -0.444 e. The standard InChI is InChI=1S/C15H27N3O3/c1-15(2,3)21-14(20)17-7-6-11(9-17)10-18(12-4-5-12)13(19)8-16/h11-12H,4-10,16H2,1-3H3/t11-/m0/s1. The Morgan fingerprint density at radius 1 is 1.29 bits per heavy atom. The van der Waals surface area contributed by atoms with E-state index < -0.39 is 5.60 Å². The van der Waals surface area contributed by atoms with Gasteiger partial charge >= 0.3 is 6.09 Å². The number of nitrogens with two attached hydrogens (primary N) is 1. The molecule has 0 radical (unpaired) electrons. The van der Waals surface area contributed by atoms with Crippen LogP contribution in [0.3, 0.4) is 0 Å². The first-order valence-electron chi connectivity index (χ1n) is 7.77. The maximum atomic E-state index is 12.0. The molecule has 1 heterocycles. The quantitative estimate of drug-likeness (QED) is 0.846. The maximum absolute atomic E-state index is 12.0. The SMILES string of the molecule is CC(C)(C)OC(=O)N1CC[C@H](CN(C(=O)CN)C2CC2)C1. The lowest BCUT2D eigenvalue weighted by atomic mass is 10.1. The van der Waals surface area contributed by atoms with Gasteiger partial charge in [-0.15, -0.1) is 0 Å². The van der Waals surface area contributed by atoms with E-state index in [-0.39, 0.29) is 18.5 Å². The first-order valence-corrected chi connectivity index (χ1v) is 7.77. The van der Waals surface area contributed by atoms with Crippen molar-refractivity contribution in [2.75, 3.05) is 26.2 Å². The Bertz CT molecular complexity index is 401. The number of carbonyl (C=O) groups is 2. The fraction of sp³-hybridized carbons (Fsp3) is 0.867. The number of ether oxygens (including phenoxy) is 1. The van der Waals surface area contributed by atoms with E-state index in [1.54, 1.807) is 4.90 Å². The topological polar surface area (TPSA) is 75.9 Å². The molecule has 120 valence electrons. The second-order valence-corrected chi connectivity index (χ2v) is 7.06. The number of amides is 2. The van der Waals surface area contributed by atoms with Gasteiger partial charge in [0.05, 0.1) is 6.54 Å². The van der Waals surface area contributed by atoms with Gasteiger partial charge in [0.25, 0.3) is 0 Å². The number of hydrogen-bond donors (Lipinski definition) is 1. The number of hydrogen-bond acceptors (Lipinski definition) is 4. The van der Waals surface area contributed by atoms with Crippen molar-refractivity contribution in [3.63, 3.8) is 0 Å². The average molecular weight is 297 g/mol. The van der Waals surface area contributed by atoms with Crippen LogP contribution < -0.4 is 5.73 Å². The van der Waals surface area contributed by atoms with Crippen molar-refractivity contribution in [3.05, 3.63) is 0 Å². The first kappa shape index (κ1) is 16.1. The van der Waals surface area contributed by atoms with Gasteiger partial charge in [-0.25, -0.2) is 4.79 Å². The summed E-state index contributed by atoms with van der Waals surface area (Å²) in [4.78, 5) is 27.6. The molecular weight excluding hydrogens is 270 g/mol. The van der Waals surface area contributed by atoms with E-state index in [0.29, 0.717) is 31.6 Å². The van der Waals surface area contributed by atoms with Crippen LogP contribution in [0.25, 0.3) is 0 Å². The zero-order chi connectivity index (χ0) is 15.6. The molecule has 2 amide bonds. The summed E-state index contributed by atoms with van der Waals surface area (Å²) in [6.07, 6.45) is 2.82. The fourth-order valence-electron chi connectivity index (χ4n) is 2.71. The van der Waals surface area contributed by atoms with Crippen LogP contribution in [-0.2, 0) is 9.53 Å². The minimum absolute atomic E-state index is 0.0215. The molecule has 2 fully saturated rings. The molecule has 0 spiro atoms. The molecule has 0 aromatic carbocycles. The largest absolute Gasteiger partial charge is 0.444 e. The summed E-state index contributed by atoms with van der Waals surface area (Å²) in [5.41, 5.74) is 5.01. The molecule has 0 aromatic rings. The van der Waals surface area contributed by atoms with Gasteiger partial charge < -0.3 is 20.3 Å². The van der Waals surface area contributed by atoms with Crippen molar-refractivity contribution in [2.45, 2.75) is 51.7 Å². The molecular formula is C15H27N3O3. The van der Waals surface area contributed by atoms with Crippen LogP contribution in [-0.4, -0.2) is 59.6 Å². The average Bonchev–Trinajstić information content (AvgIpc) is 3.11. The third-order valence-corrected chi connectivity index (χ3v) is 3.88. The second-order valence-electron chi connectivity index (χ2n) is 7.06. The Labute approximate surface area is 126 Å². The predicted octanol–water partition coefficient (Wildman–Crippen LogP) is 1.19. The van der Waals surface area contributed by atoms with Crippen LogP contribution in [0.1, 0.15) is 40.0 Å². The highest BCUT2D eigenvalue weighted by Crippen LogP contribution is 2.29. The van der Waals surface area contributed by atoms with E-state index in [1.807, 2.05) is 25.7 Å². The fourth-order valence-corrected chi connectivity index (χ4v) is 2.71. The number of likely N-dealkylation sites (tertiary alicyclic amines) is 1. The van der Waals surface area contributed by atoms with Crippen LogP contribution in [0.2, 0.25) is 0 Å². The summed E-state index contributed by atoms with van der Waals surface area (Å²) in [5, 5.41) is 0. The molecule has 1 aliphatic heterocycles. The third kappa shape index (κ3) is 4.59. The molecule has 1 atom stereocenters. The summed E-state index contributed by atoms with van der Waals surface area (Å²) in [7, 11) is 0. The highest BCUT2D eigenvalue weighted by Gasteiger charge is 2.36. The molecule has 21 heavy (non-hydrogen) atoms. The molecule has 6 nitrogen and oxygen atoms in total. The van der Waals surface area contributed by atoms with Gasteiger partial charge in [-0.2, -0.15) is 0 Å². The number of rotatable bonds is 4. The first-order chi connectivity index (χ1) is 9.80. The van der Waals surface area contributed by atoms with Crippen molar-refractivity contribution in [1.82, 2.24) is 9.80 Å². The Balaban J connectivity index is 1.84. The lowest BCUT2D eigenvalue weighted by Crippen LogP contribution is -2.42. The van der Waals surface area contributed by atoms with Crippen LogP contribution >= 0.6 is 0 Å². The highest BCUT2D eigenvalue weighted by atomic mass is 16.6. The molecule has 2 aliphatic rings. The van der Waals surface area contributed by atoms with Gasteiger partial charge in [0.15, 0.2) is 0 Å². The van der Waals surface area contributed by atoms with Crippen molar-refractivity contribution >= 4 is 12.0 Å². The molecule has 2 rings (SSSR count). The normalized spacial score (nSPS) is 22.3. The second kappa shape index (κ2) is 6.22. The monoisotopic (exact) mass is 297 g/mol. The molecule has 2 N–H and O–H groups in total. The van der Waals surface area contributed by atoms with E-state index in [2.05, 4.69) is 0 Å². The molecule has 6 heteroatoms. The summed E-state index contributed by atoms with van der Waals surface area (Å²) in [5.74, 6) is 0.349. The van der Waals surface area contributed by atoms with Gasteiger partial charge in [-0.05, 0) is 46.0 Å². The molecule has 1 aliphatic carbocycles. The van der Waals surface area contributed by atoms with Gasteiger partial charge in [0, 0.05) is 25.7 Å². The lowest BCUT2D eigenvalue weighted by Gasteiger charge is -2.26. The van der Waals surface area contributed by atoms with E-state index >= 15 is 0 Å². The van der Waals surface area contributed by atoms with Crippen molar-refractivity contribution in [3.8, 4) is 0 Å². The number of nitrogens with zero attached hydrogens (tertiary/aromatic N) is 2. The molecule has 0 aromatic heterocycles. The van der Waals surface area contributed by atoms with Crippen molar-refractivity contribution in [1.29, 1.82) is 0 Å². The predicted molar refractivity (Wildman–Crippen MR) is 79.7 cm³/mol. The van der Waals surface area contributed by atoms with Crippen molar-refractivity contribution < 1.29 is 14.3 Å². The Hall–Kier alpha value is -1.30. The molecule has 1 saturated carbocycles. The lowest BCUT2D eigenvalue weighted by molar-refractivity contribution is -0.130. The van der Waals surface area contributed by atoms with E-state index in [1.165, 1.54) is 0 Å². The van der Waals surface area contributed by atoms with Crippen LogP contribution in [0, 0.1) is 5.92 Å². The van der Waals surface area contributed by atoms with Crippen LogP contribution in [0.4, 0.5) is 4.79 Å². The number of carbonyl (C=O) groups excluding carboxylic acids is 2. The summed E-state index contributed by atoms with van der Waals surface area (Å²) < 4.78 is 5.39. The van der Waals surface area contributed by atoms with Crippen LogP contribution in [0.15, 0.2) is 0 Å². The maximum Gasteiger partial charge on any atom is 0.410 e. The summed E-state index contributed by atoms with van der Waals surface area (Å²) in [6.45, 7) is 7.75. The zero-order valence-electron chi connectivity index (χ0n) is 13.3. The summed E-state index contributed by atoms with van der Waals surface area (Å²) in [6, 6.07) is 0.372. The molecule has 0 bridgehead atoms.